The van der Waals surface area contributed by atoms with Gasteiger partial charge in [-0.2, -0.15) is 0 Å². The Hall–Kier alpha value is -2.33. The van der Waals surface area contributed by atoms with Crippen molar-refractivity contribution in [1.82, 2.24) is 4.90 Å². The van der Waals surface area contributed by atoms with Crippen LogP contribution in [0, 0.1) is 0 Å². The maximum atomic E-state index is 12.9. The zero-order valence-corrected chi connectivity index (χ0v) is 15.6. The molecule has 1 aliphatic rings. The van der Waals surface area contributed by atoms with Crippen molar-refractivity contribution < 1.29 is 9.59 Å². The van der Waals surface area contributed by atoms with Crippen molar-refractivity contribution in [2.75, 3.05) is 18.4 Å². The Kier molecular flexibility index (Phi) is 5.94. The van der Waals surface area contributed by atoms with Gasteiger partial charge in [0, 0.05) is 42.2 Å². The van der Waals surface area contributed by atoms with E-state index in [0.29, 0.717) is 23.7 Å². The van der Waals surface area contributed by atoms with Gasteiger partial charge >= 0.3 is 0 Å². The molecule has 5 heteroatoms. The Labute approximate surface area is 159 Å². The van der Waals surface area contributed by atoms with E-state index in [9.17, 15) is 9.59 Å². The molecule has 1 N–H and O–H groups in total. The van der Waals surface area contributed by atoms with Crippen molar-refractivity contribution in [2.45, 2.75) is 32.1 Å². The van der Waals surface area contributed by atoms with Crippen LogP contribution in [-0.2, 0) is 4.79 Å². The van der Waals surface area contributed by atoms with E-state index in [2.05, 4.69) is 17.4 Å². The van der Waals surface area contributed by atoms with Gasteiger partial charge in [0.2, 0.25) is 5.91 Å². The van der Waals surface area contributed by atoms with E-state index in [1.165, 1.54) is 12.5 Å². The maximum Gasteiger partial charge on any atom is 0.253 e. The molecular formula is C21H23ClN2O2. The third-order valence-corrected chi connectivity index (χ3v) is 5.00. The van der Waals surface area contributed by atoms with Crippen LogP contribution in [0.4, 0.5) is 5.69 Å². The minimum atomic E-state index is -0.123. The van der Waals surface area contributed by atoms with Gasteiger partial charge in [-0.25, -0.2) is 0 Å². The van der Waals surface area contributed by atoms with Crippen LogP contribution >= 0.6 is 11.6 Å². The van der Waals surface area contributed by atoms with Gasteiger partial charge in [0.05, 0.1) is 0 Å². The van der Waals surface area contributed by atoms with Crippen LogP contribution in [0.2, 0.25) is 5.02 Å². The van der Waals surface area contributed by atoms with E-state index in [4.69, 9.17) is 11.6 Å². The molecule has 2 aromatic carbocycles. The molecule has 1 heterocycles. The summed E-state index contributed by atoms with van der Waals surface area (Å²) in [7, 11) is 0. The fourth-order valence-corrected chi connectivity index (χ4v) is 3.54. The van der Waals surface area contributed by atoms with Crippen molar-refractivity contribution >= 4 is 29.1 Å². The second-order valence-corrected chi connectivity index (χ2v) is 7.19. The predicted octanol–water partition coefficient (Wildman–Crippen LogP) is 4.71. The number of likely N-dealkylation sites (tertiary alicyclic amines) is 1. The smallest absolute Gasteiger partial charge is 0.253 e. The van der Waals surface area contributed by atoms with Crippen LogP contribution < -0.4 is 5.32 Å². The Morgan fingerprint density at radius 3 is 2.38 bits per heavy atom. The molecule has 1 aliphatic heterocycles. The second kappa shape index (κ2) is 8.37. The number of anilines is 1. The van der Waals surface area contributed by atoms with Gasteiger partial charge in [-0.3, -0.25) is 9.59 Å². The largest absolute Gasteiger partial charge is 0.338 e. The Balaban J connectivity index is 1.73. The molecule has 26 heavy (non-hydrogen) atoms. The van der Waals surface area contributed by atoms with Gasteiger partial charge in [-0.15, -0.1) is 0 Å². The minimum absolute atomic E-state index is 0.0419. The third-order valence-electron chi connectivity index (χ3n) is 4.75. The summed E-state index contributed by atoms with van der Waals surface area (Å²) in [5, 5.41) is 3.45. The normalized spacial score (nSPS) is 17.5. The number of carbonyl (C=O) groups excluding carboxylic acids is 2. The average Bonchev–Trinajstić information content (AvgIpc) is 2.88. The zero-order chi connectivity index (χ0) is 18.5. The lowest BCUT2D eigenvalue weighted by Gasteiger charge is -2.25. The predicted molar refractivity (Wildman–Crippen MR) is 105 cm³/mol. The highest BCUT2D eigenvalue weighted by atomic mass is 35.5. The summed E-state index contributed by atoms with van der Waals surface area (Å²) in [6.45, 7) is 2.96. The fourth-order valence-electron chi connectivity index (χ4n) is 3.42. The van der Waals surface area contributed by atoms with Gasteiger partial charge in [0.15, 0.2) is 0 Å². The average molecular weight is 371 g/mol. The number of halogens is 1. The summed E-state index contributed by atoms with van der Waals surface area (Å²) >= 11 is 6.00. The summed E-state index contributed by atoms with van der Waals surface area (Å²) in [6.07, 6.45) is 3.20. The number of hydrogen-bond acceptors (Lipinski definition) is 2. The molecule has 0 saturated carbocycles. The summed E-state index contributed by atoms with van der Waals surface area (Å²) in [4.78, 5) is 26.0. The first-order valence-electron chi connectivity index (χ1n) is 8.95. The Morgan fingerprint density at radius 1 is 1.04 bits per heavy atom. The van der Waals surface area contributed by atoms with Gasteiger partial charge in [-0.1, -0.05) is 30.2 Å². The third kappa shape index (κ3) is 4.64. The number of hydrogen-bond donors (Lipinski definition) is 1. The lowest BCUT2D eigenvalue weighted by Crippen LogP contribution is -2.34. The zero-order valence-electron chi connectivity index (χ0n) is 14.9. The molecule has 136 valence electrons. The summed E-state index contributed by atoms with van der Waals surface area (Å²) in [5.74, 6) is 0.250. The van der Waals surface area contributed by atoms with E-state index in [0.717, 1.165) is 30.8 Å². The molecule has 0 unspecified atom stereocenters. The van der Waals surface area contributed by atoms with Gasteiger partial charge in [-0.05, 0) is 54.8 Å². The molecule has 2 aromatic rings. The van der Waals surface area contributed by atoms with Crippen molar-refractivity contribution in [2.24, 2.45) is 0 Å². The lowest BCUT2D eigenvalue weighted by atomic mass is 9.94. The molecular weight excluding hydrogens is 348 g/mol. The number of nitrogens with zero attached hydrogens (tertiary/aromatic N) is 1. The molecule has 3 rings (SSSR count). The topological polar surface area (TPSA) is 49.4 Å². The second-order valence-electron chi connectivity index (χ2n) is 6.75. The number of amides is 2. The SMILES string of the molecule is CC(=O)Nc1ccc(C(=O)N2CCCC[C@@H](c3ccc(Cl)cc3)C2)cc1. The molecule has 0 radical (unpaired) electrons. The molecule has 1 atom stereocenters. The monoisotopic (exact) mass is 370 g/mol. The molecule has 4 nitrogen and oxygen atoms in total. The molecule has 0 bridgehead atoms. The highest BCUT2D eigenvalue weighted by Crippen LogP contribution is 2.28. The van der Waals surface area contributed by atoms with E-state index >= 15 is 0 Å². The number of nitrogens with one attached hydrogen (secondary N) is 1. The molecule has 1 fully saturated rings. The number of benzene rings is 2. The van der Waals surface area contributed by atoms with Gasteiger partial charge in [0.25, 0.3) is 5.91 Å². The molecule has 0 aliphatic carbocycles. The van der Waals surface area contributed by atoms with Crippen molar-refractivity contribution in [1.29, 1.82) is 0 Å². The molecule has 0 spiro atoms. The highest BCUT2D eigenvalue weighted by molar-refractivity contribution is 6.30. The van der Waals surface area contributed by atoms with E-state index in [1.807, 2.05) is 17.0 Å². The first-order valence-corrected chi connectivity index (χ1v) is 9.33. The van der Waals surface area contributed by atoms with E-state index in [1.54, 1.807) is 24.3 Å². The Bertz CT molecular complexity index is 772. The fraction of sp³-hybridized carbons (Fsp3) is 0.333. The molecule has 2 amide bonds. The van der Waals surface area contributed by atoms with Crippen LogP contribution in [0.25, 0.3) is 0 Å². The van der Waals surface area contributed by atoms with Gasteiger partial charge < -0.3 is 10.2 Å². The van der Waals surface area contributed by atoms with Crippen LogP contribution in [0.5, 0.6) is 0 Å². The van der Waals surface area contributed by atoms with Crippen molar-refractivity contribution in [3.63, 3.8) is 0 Å². The number of rotatable bonds is 3. The van der Waals surface area contributed by atoms with E-state index < -0.39 is 0 Å². The summed E-state index contributed by atoms with van der Waals surface area (Å²) in [6, 6.07) is 15.0. The number of carbonyl (C=O) groups is 2. The first-order chi connectivity index (χ1) is 12.5. The van der Waals surface area contributed by atoms with Crippen LogP contribution in [0.1, 0.15) is 48.0 Å². The summed E-state index contributed by atoms with van der Waals surface area (Å²) in [5.41, 5.74) is 2.58. The van der Waals surface area contributed by atoms with Crippen molar-refractivity contribution in [3.05, 3.63) is 64.7 Å². The van der Waals surface area contributed by atoms with Crippen LogP contribution in [0.15, 0.2) is 48.5 Å². The quantitative estimate of drug-likeness (QED) is 0.850. The first kappa shape index (κ1) is 18.5. The molecule has 0 aromatic heterocycles. The summed E-state index contributed by atoms with van der Waals surface area (Å²) < 4.78 is 0. The maximum absolute atomic E-state index is 12.9. The van der Waals surface area contributed by atoms with Crippen molar-refractivity contribution in [3.8, 4) is 0 Å². The standard InChI is InChI=1S/C21H23ClN2O2/c1-15(25)23-20-11-7-17(8-12-20)21(26)24-13-3-2-4-18(14-24)16-5-9-19(22)10-6-16/h5-12,18H,2-4,13-14H2,1H3,(H,23,25)/t18-/m1/s1. The van der Waals surface area contributed by atoms with Crippen LogP contribution in [-0.4, -0.2) is 29.8 Å². The minimum Gasteiger partial charge on any atom is -0.338 e. The van der Waals surface area contributed by atoms with Crippen LogP contribution in [0.3, 0.4) is 0 Å². The van der Waals surface area contributed by atoms with E-state index in [-0.39, 0.29) is 11.8 Å². The molecule has 1 saturated heterocycles. The highest BCUT2D eigenvalue weighted by Gasteiger charge is 2.24. The van der Waals surface area contributed by atoms with Gasteiger partial charge in [0.1, 0.15) is 0 Å². The lowest BCUT2D eigenvalue weighted by molar-refractivity contribution is -0.114. The Morgan fingerprint density at radius 2 is 1.73 bits per heavy atom.